The number of carboxylic acids is 1. The van der Waals surface area contributed by atoms with Crippen molar-refractivity contribution in [3.63, 3.8) is 0 Å². The van der Waals surface area contributed by atoms with Gasteiger partial charge in [-0.25, -0.2) is 4.79 Å². The van der Waals surface area contributed by atoms with Crippen LogP contribution < -0.4 is 14.2 Å². The van der Waals surface area contributed by atoms with E-state index in [4.69, 9.17) is 19.3 Å². The van der Waals surface area contributed by atoms with Gasteiger partial charge in [-0.05, 0) is 35.7 Å². The molecule has 0 radical (unpaired) electrons. The smallest absolute Gasteiger partial charge is 0.339 e. The van der Waals surface area contributed by atoms with Crippen molar-refractivity contribution >= 4 is 5.97 Å². The predicted molar refractivity (Wildman–Crippen MR) is 96.1 cm³/mol. The Hall–Kier alpha value is -2.69. The molecule has 0 aliphatic rings. The lowest BCUT2D eigenvalue weighted by Crippen LogP contribution is -2.16. The fourth-order valence-electron chi connectivity index (χ4n) is 2.42. The molecule has 0 saturated heterocycles. The summed E-state index contributed by atoms with van der Waals surface area (Å²) in [6.07, 6.45) is 0. The van der Waals surface area contributed by atoms with Crippen molar-refractivity contribution in [3.05, 3.63) is 53.6 Å². The summed E-state index contributed by atoms with van der Waals surface area (Å²) in [7, 11) is 1.63. The van der Waals surface area contributed by atoms with E-state index in [1.54, 1.807) is 25.3 Å². The molecule has 5 nitrogen and oxygen atoms in total. The highest BCUT2D eigenvalue weighted by Gasteiger charge is 2.20. The number of hydrogen-bond acceptors (Lipinski definition) is 4. The van der Waals surface area contributed by atoms with Crippen molar-refractivity contribution in [1.29, 1.82) is 0 Å². The Morgan fingerprint density at radius 3 is 2.24 bits per heavy atom. The van der Waals surface area contributed by atoms with Crippen molar-refractivity contribution in [2.75, 3.05) is 20.3 Å². The van der Waals surface area contributed by atoms with E-state index in [0.717, 1.165) is 17.1 Å². The molecule has 0 aliphatic carbocycles. The zero-order valence-electron chi connectivity index (χ0n) is 15.0. The molecule has 25 heavy (non-hydrogen) atoms. The number of hydrogen-bond donors (Lipinski definition) is 1. The number of para-hydroxylation sites is 1. The Labute approximate surface area is 148 Å². The molecular weight excluding hydrogens is 320 g/mol. The minimum atomic E-state index is -1.01. The second-order valence-electron chi connectivity index (χ2n) is 6.61. The van der Waals surface area contributed by atoms with Crippen molar-refractivity contribution < 1.29 is 24.1 Å². The lowest BCUT2D eigenvalue weighted by Gasteiger charge is -2.23. The topological polar surface area (TPSA) is 65.0 Å². The summed E-state index contributed by atoms with van der Waals surface area (Å²) in [5, 5.41) is 9.15. The van der Waals surface area contributed by atoms with E-state index in [-0.39, 0.29) is 17.6 Å². The van der Waals surface area contributed by atoms with Crippen LogP contribution in [0.1, 0.15) is 36.7 Å². The molecule has 2 rings (SSSR count). The van der Waals surface area contributed by atoms with Crippen LogP contribution in [0.4, 0.5) is 0 Å². The van der Waals surface area contributed by atoms with Gasteiger partial charge in [-0.2, -0.15) is 0 Å². The Morgan fingerprint density at radius 1 is 1.00 bits per heavy atom. The quantitative estimate of drug-likeness (QED) is 0.765. The second kappa shape index (κ2) is 7.92. The zero-order chi connectivity index (χ0) is 18.4. The first-order chi connectivity index (χ1) is 11.8. The van der Waals surface area contributed by atoms with Gasteiger partial charge in [-0.1, -0.05) is 32.9 Å². The number of benzene rings is 2. The first-order valence-corrected chi connectivity index (χ1v) is 8.09. The third-order valence-corrected chi connectivity index (χ3v) is 3.71. The minimum absolute atomic E-state index is 0.0966. The maximum absolute atomic E-state index is 11.2. The van der Waals surface area contributed by atoms with E-state index in [9.17, 15) is 4.79 Å². The summed E-state index contributed by atoms with van der Waals surface area (Å²) in [6.45, 7) is 6.87. The summed E-state index contributed by atoms with van der Waals surface area (Å²) >= 11 is 0. The molecule has 1 N–H and O–H groups in total. The monoisotopic (exact) mass is 344 g/mol. The van der Waals surface area contributed by atoms with Crippen molar-refractivity contribution in [3.8, 4) is 17.2 Å². The molecule has 5 heteroatoms. The molecule has 2 aromatic rings. The first kappa shape index (κ1) is 18.6. The van der Waals surface area contributed by atoms with Crippen LogP contribution in [0.25, 0.3) is 0 Å². The number of carbonyl (C=O) groups is 1. The molecule has 0 saturated carbocycles. The second-order valence-corrected chi connectivity index (χ2v) is 6.61. The van der Waals surface area contributed by atoms with E-state index in [0.29, 0.717) is 12.4 Å². The van der Waals surface area contributed by atoms with Gasteiger partial charge in [0.2, 0.25) is 0 Å². The zero-order valence-corrected chi connectivity index (χ0v) is 15.0. The normalized spacial score (nSPS) is 11.0. The maximum atomic E-state index is 11.2. The minimum Gasteiger partial charge on any atom is -0.497 e. The summed E-state index contributed by atoms with van der Waals surface area (Å²) in [4.78, 5) is 11.2. The van der Waals surface area contributed by atoms with Crippen LogP contribution in [-0.2, 0) is 5.41 Å². The van der Waals surface area contributed by atoms with Gasteiger partial charge in [0.25, 0.3) is 0 Å². The summed E-state index contributed by atoms with van der Waals surface area (Å²) < 4.78 is 16.7. The molecule has 0 bridgehead atoms. The molecule has 0 heterocycles. The lowest BCUT2D eigenvalue weighted by molar-refractivity contribution is 0.0691. The number of rotatable bonds is 7. The Balaban J connectivity index is 2.02. The molecule has 2 aromatic carbocycles. The first-order valence-electron chi connectivity index (χ1n) is 8.09. The maximum Gasteiger partial charge on any atom is 0.339 e. The van der Waals surface area contributed by atoms with Gasteiger partial charge in [-0.3, -0.25) is 0 Å². The highest BCUT2D eigenvalue weighted by Crippen LogP contribution is 2.34. The largest absolute Gasteiger partial charge is 0.497 e. The summed E-state index contributed by atoms with van der Waals surface area (Å²) in [5.74, 6) is 0.874. The number of methoxy groups -OCH3 is 1. The van der Waals surface area contributed by atoms with Gasteiger partial charge in [0.15, 0.2) is 0 Å². The van der Waals surface area contributed by atoms with Crippen LogP contribution >= 0.6 is 0 Å². The summed E-state index contributed by atoms with van der Waals surface area (Å²) in [6, 6.07) is 12.3. The van der Waals surface area contributed by atoms with Gasteiger partial charge in [0.1, 0.15) is 36.0 Å². The lowest BCUT2D eigenvalue weighted by atomic mass is 9.86. The fraction of sp³-hybridized carbons (Fsp3) is 0.350. The van der Waals surface area contributed by atoms with Crippen molar-refractivity contribution in [1.82, 2.24) is 0 Å². The molecular formula is C20H24O5. The van der Waals surface area contributed by atoms with Crippen LogP contribution in [0.3, 0.4) is 0 Å². The number of ether oxygens (including phenoxy) is 3. The molecule has 0 unspecified atom stereocenters. The highest BCUT2D eigenvalue weighted by molar-refractivity contribution is 5.90. The third-order valence-electron chi connectivity index (χ3n) is 3.71. The molecule has 0 amide bonds. The fourth-order valence-corrected chi connectivity index (χ4v) is 2.42. The van der Waals surface area contributed by atoms with E-state index in [1.165, 1.54) is 6.07 Å². The Kier molecular flexibility index (Phi) is 5.91. The predicted octanol–water partition coefficient (Wildman–Crippen LogP) is 4.15. The Morgan fingerprint density at radius 2 is 1.64 bits per heavy atom. The molecule has 0 aliphatic heterocycles. The van der Waals surface area contributed by atoms with Crippen molar-refractivity contribution in [2.45, 2.75) is 26.2 Å². The van der Waals surface area contributed by atoms with E-state index < -0.39 is 5.97 Å². The van der Waals surface area contributed by atoms with Crippen LogP contribution in [0, 0.1) is 0 Å². The van der Waals surface area contributed by atoms with Gasteiger partial charge in [0, 0.05) is 5.56 Å². The van der Waals surface area contributed by atoms with Crippen molar-refractivity contribution in [2.24, 2.45) is 0 Å². The molecule has 0 fully saturated rings. The van der Waals surface area contributed by atoms with Gasteiger partial charge in [-0.15, -0.1) is 0 Å². The van der Waals surface area contributed by atoms with Crippen LogP contribution in [0.2, 0.25) is 0 Å². The van der Waals surface area contributed by atoms with Gasteiger partial charge >= 0.3 is 5.97 Å². The van der Waals surface area contributed by atoms with E-state index >= 15 is 0 Å². The van der Waals surface area contributed by atoms with E-state index in [1.807, 2.05) is 18.2 Å². The Bertz CT molecular complexity index is 731. The SMILES string of the molecule is COc1ccc(OCCOc2ccccc2C(=O)O)c(C(C)(C)C)c1. The molecule has 0 atom stereocenters. The third kappa shape index (κ3) is 4.89. The molecule has 0 spiro atoms. The highest BCUT2D eigenvalue weighted by atomic mass is 16.5. The average Bonchev–Trinajstić information content (AvgIpc) is 2.58. The van der Waals surface area contributed by atoms with Crippen LogP contribution in [0.15, 0.2) is 42.5 Å². The molecule has 0 aromatic heterocycles. The number of carboxylic acid groups (broad SMARTS) is 1. The van der Waals surface area contributed by atoms with E-state index in [2.05, 4.69) is 20.8 Å². The standard InChI is InChI=1S/C20H24O5/c1-20(2,3)16-13-14(23-4)9-10-18(16)25-12-11-24-17-8-6-5-7-15(17)19(21)22/h5-10,13H,11-12H2,1-4H3,(H,21,22). The number of aromatic carboxylic acids is 1. The van der Waals surface area contributed by atoms with Gasteiger partial charge < -0.3 is 19.3 Å². The summed E-state index contributed by atoms with van der Waals surface area (Å²) in [5.41, 5.74) is 1.08. The molecule has 134 valence electrons. The van der Waals surface area contributed by atoms with Crippen LogP contribution in [0.5, 0.6) is 17.2 Å². The van der Waals surface area contributed by atoms with Crippen LogP contribution in [-0.4, -0.2) is 31.4 Å². The average molecular weight is 344 g/mol. The van der Waals surface area contributed by atoms with Gasteiger partial charge in [0.05, 0.1) is 7.11 Å².